The fourth-order valence-electron chi connectivity index (χ4n) is 2.44. The first-order valence-corrected chi connectivity index (χ1v) is 5.37. The van der Waals surface area contributed by atoms with Crippen LogP contribution in [0.25, 0.3) is 0 Å². The van der Waals surface area contributed by atoms with Crippen LogP contribution in [0.4, 0.5) is 0 Å². The Hall–Kier alpha value is -0.120. The van der Waals surface area contributed by atoms with Gasteiger partial charge in [-0.1, -0.05) is 12.8 Å². The molecular formula is C10H20N2O. The van der Waals surface area contributed by atoms with Gasteiger partial charge in [-0.25, -0.2) is 0 Å². The Kier molecular flexibility index (Phi) is 2.58. The predicted molar refractivity (Wildman–Crippen MR) is 52.5 cm³/mol. The third-order valence-electron chi connectivity index (χ3n) is 3.46. The molecule has 2 rings (SSSR count). The first-order chi connectivity index (χ1) is 6.18. The van der Waals surface area contributed by atoms with Crippen molar-refractivity contribution in [2.75, 3.05) is 19.6 Å². The Morgan fingerprint density at radius 1 is 1.31 bits per heavy atom. The summed E-state index contributed by atoms with van der Waals surface area (Å²) in [6.07, 6.45) is 6.04. The molecule has 1 saturated heterocycles. The Morgan fingerprint density at radius 2 is 1.92 bits per heavy atom. The number of nitrogens with zero attached hydrogens (tertiary/aromatic N) is 1. The van der Waals surface area contributed by atoms with Gasteiger partial charge in [0.1, 0.15) is 0 Å². The van der Waals surface area contributed by atoms with Crippen LogP contribution in [0, 0.1) is 0 Å². The van der Waals surface area contributed by atoms with Crippen LogP contribution in [0.5, 0.6) is 0 Å². The number of aliphatic hydroxyl groups is 1. The van der Waals surface area contributed by atoms with Gasteiger partial charge in [-0.15, -0.1) is 0 Å². The number of β-amino-alcohol motifs (C(OH)–C–C–N with tert-alkyl or cyclic N) is 1. The lowest BCUT2D eigenvalue weighted by Crippen LogP contribution is -2.52. The quantitative estimate of drug-likeness (QED) is 0.664. The maximum absolute atomic E-state index is 9.10. The number of nitrogens with two attached hydrogens (primary N) is 1. The summed E-state index contributed by atoms with van der Waals surface area (Å²) >= 11 is 0. The van der Waals surface area contributed by atoms with Gasteiger partial charge >= 0.3 is 0 Å². The zero-order valence-electron chi connectivity index (χ0n) is 8.21. The molecule has 3 heteroatoms. The highest BCUT2D eigenvalue weighted by Gasteiger charge is 2.31. The number of rotatable bonds is 3. The summed E-state index contributed by atoms with van der Waals surface area (Å²) in [5.74, 6) is 0. The SMILES string of the molecule is NC1(CCN2CC(O)C2)CCCC1. The summed E-state index contributed by atoms with van der Waals surface area (Å²) in [5, 5.41) is 9.10. The molecule has 0 aromatic rings. The van der Waals surface area contributed by atoms with Crippen molar-refractivity contribution in [1.29, 1.82) is 0 Å². The molecule has 0 aromatic heterocycles. The summed E-state index contributed by atoms with van der Waals surface area (Å²) in [6.45, 7) is 2.79. The molecule has 1 saturated carbocycles. The molecule has 0 spiro atoms. The minimum Gasteiger partial charge on any atom is -0.390 e. The number of hydrogen-bond donors (Lipinski definition) is 2. The summed E-state index contributed by atoms with van der Waals surface area (Å²) in [7, 11) is 0. The standard InChI is InChI=1S/C10H20N2O/c11-10(3-1-2-4-10)5-6-12-7-9(13)8-12/h9,13H,1-8,11H2. The van der Waals surface area contributed by atoms with Crippen molar-refractivity contribution in [3.8, 4) is 0 Å². The number of hydrogen-bond acceptors (Lipinski definition) is 3. The van der Waals surface area contributed by atoms with Gasteiger partial charge in [0.2, 0.25) is 0 Å². The number of aliphatic hydroxyl groups excluding tert-OH is 1. The Bertz CT molecular complexity index is 172. The molecule has 0 aromatic carbocycles. The molecule has 0 radical (unpaired) electrons. The van der Waals surface area contributed by atoms with E-state index >= 15 is 0 Å². The fraction of sp³-hybridized carbons (Fsp3) is 1.00. The van der Waals surface area contributed by atoms with Crippen molar-refractivity contribution in [2.45, 2.75) is 43.7 Å². The Morgan fingerprint density at radius 3 is 2.46 bits per heavy atom. The van der Waals surface area contributed by atoms with E-state index in [4.69, 9.17) is 10.8 Å². The van der Waals surface area contributed by atoms with Crippen molar-refractivity contribution in [3.63, 3.8) is 0 Å². The van der Waals surface area contributed by atoms with Gasteiger partial charge in [0, 0.05) is 25.2 Å². The minimum atomic E-state index is -0.0719. The lowest BCUT2D eigenvalue weighted by atomic mass is 9.94. The van der Waals surface area contributed by atoms with E-state index in [-0.39, 0.29) is 11.6 Å². The van der Waals surface area contributed by atoms with E-state index < -0.39 is 0 Å². The van der Waals surface area contributed by atoms with Gasteiger partial charge in [0.15, 0.2) is 0 Å². The van der Waals surface area contributed by atoms with Crippen LogP contribution in [0.15, 0.2) is 0 Å². The molecule has 0 unspecified atom stereocenters. The third kappa shape index (κ3) is 2.22. The van der Waals surface area contributed by atoms with Crippen molar-refractivity contribution < 1.29 is 5.11 Å². The molecule has 1 aliphatic carbocycles. The number of likely N-dealkylation sites (tertiary alicyclic amines) is 1. The maximum atomic E-state index is 9.10. The summed E-state index contributed by atoms with van der Waals surface area (Å²) in [4.78, 5) is 2.29. The maximum Gasteiger partial charge on any atom is 0.0793 e. The van der Waals surface area contributed by atoms with Crippen molar-refractivity contribution >= 4 is 0 Å². The second-order valence-corrected chi connectivity index (χ2v) is 4.73. The zero-order chi connectivity index (χ0) is 9.31. The third-order valence-corrected chi connectivity index (χ3v) is 3.46. The average Bonchev–Trinajstić information content (AvgIpc) is 2.45. The van der Waals surface area contributed by atoms with Crippen molar-refractivity contribution in [3.05, 3.63) is 0 Å². The van der Waals surface area contributed by atoms with Crippen molar-refractivity contribution in [2.24, 2.45) is 5.73 Å². The van der Waals surface area contributed by atoms with E-state index in [2.05, 4.69) is 4.90 Å². The Labute approximate surface area is 79.9 Å². The van der Waals surface area contributed by atoms with Gasteiger partial charge in [0.05, 0.1) is 6.10 Å². The van der Waals surface area contributed by atoms with Gasteiger partial charge in [-0.3, -0.25) is 4.90 Å². The van der Waals surface area contributed by atoms with E-state index in [1.165, 1.54) is 25.7 Å². The van der Waals surface area contributed by atoms with Crippen LogP contribution in [-0.2, 0) is 0 Å². The Balaban J connectivity index is 1.67. The summed E-state index contributed by atoms with van der Waals surface area (Å²) in [6, 6.07) is 0. The molecule has 0 atom stereocenters. The smallest absolute Gasteiger partial charge is 0.0793 e. The van der Waals surface area contributed by atoms with Gasteiger partial charge < -0.3 is 10.8 Å². The zero-order valence-corrected chi connectivity index (χ0v) is 8.21. The van der Waals surface area contributed by atoms with Gasteiger partial charge in [-0.2, -0.15) is 0 Å². The van der Waals surface area contributed by atoms with E-state index in [0.29, 0.717) is 0 Å². The van der Waals surface area contributed by atoms with E-state index in [9.17, 15) is 0 Å². The highest BCUT2D eigenvalue weighted by atomic mass is 16.3. The summed E-state index contributed by atoms with van der Waals surface area (Å²) in [5.41, 5.74) is 6.36. The molecule has 3 nitrogen and oxygen atoms in total. The van der Waals surface area contributed by atoms with Gasteiger partial charge in [0.25, 0.3) is 0 Å². The normalized spacial score (nSPS) is 29.1. The lowest BCUT2D eigenvalue weighted by molar-refractivity contribution is -0.00145. The average molecular weight is 184 g/mol. The molecule has 13 heavy (non-hydrogen) atoms. The fourth-order valence-corrected chi connectivity index (χ4v) is 2.44. The predicted octanol–water partition coefficient (Wildman–Crippen LogP) is 0.324. The molecule has 1 heterocycles. The van der Waals surface area contributed by atoms with Crippen molar-refractivity contribution in [1.82, 2.24) is 4.90 Å². The van der Waals surface area contributed by atoms with E-state index in [0.717, 1.165) is 26.1 Å². The first-order valence-electron chi connectivity index (χ1n) is 5.37. The highest BCUT2D eigenvalue weighted by molar-refractivity contribution is 4.91. The molecule has 2 aliphatic rings. The van der Waals surface area contributed by atoms with Crippen LogP contribution < -0.4 is 5.73 Å². The van der Waals surface area contributed by atoms with Crippen LogP contribution >= 0.6 is 0 Å². The second-order valence-electron chi connectivity index (χ2n) is 4.73. The molecule has 0 amide bonds. The van der Waals surface area contributed by atoms with Crippen LogP contribution in [-0.4, -0.2) is 41.3 Å². The van der Waals surface area contributed by atoms with Crippen LogP contribution in [0.2, 0.25) is 0 Å². The summed E-state index contributed by atoms with van der Waals surface area (Å²) < 4.78 is 0. The monoisotopic (exact) mass is 184 g/mol. The van der Waals surface area contributed by atoms with Crippen LogP contribution in [0.1, 0.15) is 32.1 Å². The lowest BCUT2D eigenvalue weighted by Gasteiger charge is -2.38. The molecule has 2 fully saturated rings. The molecule has 0 bridgehead atoms. The molecule has 1 aliphatic heterocycles. The van der Waals surface area contributed by atoms with Gasteiger partial charge in [-0.05, 0) is 19.3 Å². The topological polar surface area (TPSA) is 49.5 Å². The van der Waals surface area contributed by atoms with E-state index in [1.807, 2.05) is 0 Å². The largest absolute Gasteiger partial charge is 0.390 e. The molecule has 3 N–H and O–H groups in total. The molecule has 76 valence electrons. The molecular weight excluding hydrogens is 164 g/mol. The highest BCUT2D eigenvalue weighted by Crippen LogP contribution is 2.30. The second kappa shape index (κ2) is 3.56. The van der Waals surface area contributed by atoms with E-state index in [1.54, 1.807) is 0 Å². The minimum absolute atomic E-state index is 0.0719. The van der Waals surface area contributed by atoms with Crippen LogP contribution in [0.3, 0.4) is 0 Å². The first kappa shape index (κ1) is 9.44.